The van der Waals surface area contributed by atoms with Crippen LogP contribution in [-0.2, 0) is 6.61 Å². The summed E-state index contributed by atoms with van der Waals surface area (Å²) in [6.45, 7) is 1.93. The predicted molar refractivity (Wildman–Crippen MR) is 119 cm³/mol. The van der Waals surface area contributed by atoms with Crippen molar-refractivity contribution in [2.24, 2.45) is 0 Å². The first-order chi connectivity index (χ1) is 15.1. The Morgan fingerprint density at radius 3 is 2.77 bits per heavy atom. The minimum Gasteiger partial charge on any atom is -0.488 e. The summed E-state index contributed by atoms with van der Waals surface area (Å²) in [7, 11) is 0. The highest BCUT2D eigenvalue weighted by molar-refractivity contribution is 5.81. The molecule has 4 rings (SSSR count). The lowest BCUT2D eigenvalue weighted by Gasteiger charge is -2.25. The third-order valence-corrected chi connectivity index (χ3v) is 5.52. The molecule has 7 heteroatoms. The SMILES string of the molecule is N#Cc1c(C2CCCNC2)cc(-c2c(N)cccc2OCc2cccc(F)c2)nc1N. The van der Waals surface area contributed by atoms with Gasteiger partial charge in [0.05, 0.1) is 16.8 Å². The van der Waals surface area contributed by atoms with E-state index >= 15 is 0 Å². The number of aromatic nitrogens is 1. The van der Waals surface area contributed by atoms with Gasteiger partial charge in [0.2, 0.25) is 0 Å². The Kier molecular flexibility index (Phi) is 6.01. The molecule has 1 aliphatic heterocycles. The number of benzene rings is 2. The van der Waals surface area contributed by atoms with Gasteiger partial charge in [-0.2, -0.15) is 5.26 Å². The van der Waals surface area contributed by atoms with Gasteiger partial charge in [0.15, 0.2) is 0 Å². The molecule has 158 valence electrons. The molecular formula is C24H24FN5O. The Bertz CT molecular complexity index is 1140. The lowest BCUT2D eigenvalue weighted by Crippen LogP contribution is -2.29. The topological polar surface area (TPSA) is 110 Å². The van der Waals surface area contributed by atoms with Gasteiger partial charge in [-0.3, -0.25) is 0 Å². The average Bonchev–Trinajstić information content (AvgIpc) is 2.78. The Labute approximate surface area is 180 Å². The van der Waals surface area contributed by atoms with E-state index in [0.717, 1.165) is 31.5 Å². The predicted octanol–water partition coefficient (Wildman–Crippen LogP) is 3.97. The van der Waals surface area contributed by atoms with Crippen LogP contribution in [0.15, 0.2) is 48.5 Å². The molecule has 0 amide bonds. The van der Waals surface area contributed by atoms with E-state index in [1.165, 1.54) is 12.1 Å². The van der Waals surface area contributed by atoms with E-state index in [-0.39, 0.29) is 24.2 Å². The molecule has 1 atom stereocenters. The lowest BCUT2D eigenvalue weighted by molar-refractivity contribution is 0.307. The summed E-state index contributed by atoms with van der Waals surface area (Å²) in [4.78, 5) is 4.48. The summed E-state index contributed by atoms with van der Waals surface area (Å²) < 4.78 is 19.5. The van der Waals surface area contributed by atoms with E-state index in [9.17, 15) is 9.65 Å². The number of nitrogens with two attached hydrogens (primary N) is 2. The van der Waals surface area contributed by atoms with Crippen molar-refractivity contribution in [1.29, 1.82) is 5.26 Å². The zero-order chi connectivity index (χ0) is 21.8. The van der Waals surface area contributed by atoms with Gasteiger partial charge >= 0.3 is 0 Å². The first-order valence-corrected chi connectivity index (χ1v) is 10.2. The molecule has 0 spiro atoms. The Hall–Kier alpha value is -3.63. The zero-order valence-electron chi connectivity index (χ0n) is 17.1. The summed E-state index contributed by atoms with van der Waals surface area (Å²) in [5.74, 6) is 0.559. The van der Waals surface area contributed by atoms with E-state index < -0.39 is 0 Å². The first-order valence-electron chi connectivity index (χ1n) is 10.2. The van der Waals surface area contributed by atoms with Crippen LogP contribution in [0.5, 0.6) is 5.75 Å². The van der Waals surface area contributed by atoms with Crippen LogP contribution in [0.25, 0.3) is 11.3 Å². The number of nitriles is 1. The second kappa shape index (κ2) is 9.02. The number of hydrogen-bond donors (Lipinski definition) is 3. The van der Waals surface area contributed by atoms with E-state index in [2.05, 4.69) is 16.4 Å². The van der Waals surface area contributed by atoms with Crippen molar-refractivity contribution in [2.75, 3.05) is 24.6 Å². The number of halogens is 1. The Balaban J connectivity index is 1.73. The molecule has 2 aromatic carbocycles. The van der Waals surface area contributed by atoms with Gasteiger partial charge < -0.3 is 21.5 Å². The maximum atomic E-state index is 13.5. The first kappa shape index (κ1) is 20.6. The van der Waals surface area contributed by atoms with Crippen LogP contribution in [0.4, 0.5) is 15.9 Å². The number of anilines is 2. The molecule has 5 N–H and O–H groups in total. The lowest BCUT2D eigenvalue weighted by atomic mass is 9.88. The fraction of sp³-hybridized carbons (Fsp3) is 0.250. The fourth-order valence-corrected chi connectivity index (χ4v) is 4.00. The second-order valence-corrected chi connectivity index (χ2v) is 7.65. The molecule has 0 aliphatic carbocycles. The van der Waals surface area contributed by atoms with Crippen molar-refractivity contribution < 1.29 is 9.13 Å². The highest BCUT2D eigenvalue weighted by Gasteiger charge is 2.23. The van der Waals surface area contributed by atoms with Gasteiger partial charge in [-0.25, -0.2) is 9.37 Å². The zero-order valence-corrected chi connectivity index (χ0v) is 17.1. The van der Waals surface area contributed by atoms with Crippen molar-refractivity contribution in [3.8, 4) is 23.1 Å². The molecule has 0 radical (unpaired) electrons. The molecule has 1 saturated heterocycles. The molecule has 1 aliphatic rings. The summed E-state index contributed by atoms with van der Waals surface area (Å²) >= 11 is 0. The van der Waals surface area contributed by atoms with Crippen LogP contribution in [-0.4, -0.2) is 18.1 Å². The number of hydrogen-bond acceptors (Lipinski definition) is 6. The number of rotatable bonds is 5. The van der Waals surface area contributed by atoms with Crippen molar-refractivity contribution in [3.05, 3.63) is 71.0 Å². The minimum absolute atomic E-state index is 0.175. The number of piperidine rings is 1. The molecule has 1 fully saturated rings. The van der Waals surface area contributed by atoms with Gasteiger partial charge in [0.25, 0.3) is 0 Å². The van der Waals surface area contributed by atoms with Gasteiger partial charge in [-0.15, -0.1) is 0 Å². The smallest absolute Gasteiger partial charge is 0.142 e. The highest BCUT2D eigenvalue weighted by Crippen LogP contribution is 2.38. The van der Waals surface area contributed by atoms with Crippen molar-refractivity contribution in [3.63, 3.8) is 0 Å². The van der Waals surface area contributed by atoms with Crippen LogP contribution in [0, 0.1) is 17.1 Å². The maximum Gasteiger partial charge on any atom is 0.142 e. The molecule has 6 nitrogen and oxygen atoms in total. The quantitative estimate of drug-likeness (QED) is 0.542. The van der Waals surface area contributed by atoms with Crippen molar-refractivity contribution in [2.45, 2.75) is 25.4 Å². The molecule has 31 heavy (non-hydrogen) atoms. The summed E-state index contributed by atoms with van der Waals surface area (Å²) in [5, 5.41) is 13.0. The molecule has 2 heterocycles. The number of pyridine rings is 1. The molecule has 0 bridgehead atoms. The molecule has 0 saturated carbocycles. The third-order valence-electron chi connectivity index (χ3n) is 5.52. The Morgan fingerprint density at radius 1 is 1.19 bits per heavy atom. The van der Waals surface area contributed by atoms with Crippen LogP contribution in [0.2, 0.25) is 0 Å². The van der Waals surface area contributed by atoms with Gasteiger partial charge in [-0.05, 0) is 66.8 Å². The Morgan fingerprint density at radius 2 is 2.03 bits per heavy atom. The monoisotopic (exact) mass is 417 g/mol. The summed E-state index contributed by atoms with van der Waals surface area (Å²) in [5.41, 5.74) is 16.1. The van der Waals surface area contributed by atoms with Crippen LogP contribution >= 0.6 is 0 Å². The standard InChI is InChI=1S/C24H24FN5O/c25-17-6-1-4-15(10-17)14-31-22-8-2-7-20(27)23(22)21-11-18(16-5-3-9-29-13-16)19(12-26)24(28)30-21/h1-2,4,6-8,10-11,16,29H,3,5,9,13-14,27H2,(H2,28,30). The number of nitrogens with zero attached hydrogens (tertiary/aromatic N) is 2. The average molecular weight is 417 g/mol. The van der Waals surface area contributed by atoms with Gasteiger partial charge in [0, 0.05) is 12.2 Å². The third kappa shape index (κ3) is 4.44. The second-order valence-electron chi connectivity index (χ2n) is 7.65. The van der Waals surface area contributed by atoms with E-state index in [1.807, 2.05) is 6.07 Å². The minimum atomic E-state index is -0.318. The van der Waals surface area contributed by atoms with Gasteiger partial charge in [-0.1, -0.05) is 18.2 Å². The van der Waals surface area contributed by atoms with E-state index in [1.54, 1.807) is 30.3 Å². The van der Waals surface area contributed by atoms with E-state index in [4.69, 9.17) is 16.2 Å². The summed E-state index contributed by atoms with van der Waals surface area (Å²) in [6, 6.07) is 15.7. The molecule has 3 aromatic rings. The molecule has 1 unspecified atom stereocenters. The maximum absolute atomic E-state index is 13.5. The largest absolute Gasteiger partial charge is 0.488 e. The van der Waals surface area contributed by atoms with Crippen molar-refractivity contribution >= 4 is 11.5 Å². The fourth-order valence-electron chi connectivity index (χ4n) is 4.00. The van der Waals surface area contributed by atoms with E-state index in [0.29, 0.717) is 33.8 Å². The molecule has 1 aromatic heterocycles. The van der Waals surface area contributed by atoms with Crippen LogP contribution < -0.4 is 21.5 Å². The van der Waals surface area contributed by atoms with Gasteiger partial charge in [0.1, 0.15) is 30.1 Å². The normalized spacial score (nSPS) is 15.9. The number of nitrogens with one attached hydrogen (secondary N) is 1. The number of nitrogen functional groups attached to an aromatic ring is 2. The summed E-state index contributed by atoms with van der Waals surface area (Å²) in [6.07, 6.45) is 2.00. The van der Waals surface area contributed by atoms with Crippen LogP contribution in [0.1, 0.15) is 35.4 Å². The highest BCUT2D eigenvalue weighted by atomic mass is 19.1. The van der Waals surface area contributed by atoms with Crippen molar-refractivity contribution in [1.82, 2.24) is 10.3 Å². The van der Waals surface area contributed by atoms with Crippen LogP contribution in [0.3, 0.4) is 0 Å². The number of ether oxygens (including phenoxy) is 1. The molecular weight excluding hydrogens is 393 g/mol.